The van der Waals surface area contributed by atoms with Gasteiger partial charge >= 0.3 is 10.4 Å². The van der Waals surface area contributed by atoms with Crippen molar-refractivity contribution in [2.24, 2.45) is 0 Å². The minimum atomic E-state index is -3.61. The molecule has 0 aromatic heterocycles. The summed E-state index contributed by atoms with van der Waals surface area (Å²) in [6.45, 7) is 0.255. The second-order valence-corrected chi connectivity index (χ2v) is 2.55. The molecule has 0 aromatic carbocycles. The molecule has 0 atom stereocenters. The Labute approximate surface area is 48.4 Å². The van der Waals surface area contributed by atoms with Crippen LogP contribution in [-0.2, 0) is 18.8 Å². The van der Waals surface area contributed by atoms with E-state index in [0.717, 1.165) is 0 Å². The molecular formula is C2H4BO4S. The van der Waals surface area contributed by atoms with Crippen molar-refractivity contribution in [3.63, 3.8) is 0 Å². The van der Waals surface area contributed by atoms with Gasteiger partial charge in [-0.1, -0.05) is 0 Å². The van der Waals surface area contributed by atoms with Crippen LogP contribution in [0.3, 0.4) is 0 Å². The molecule has 1 rings (SSSR count). The minimum Gasteiger partial charge on any atom is -0.257 e. The van der Waals surface area contributed by atoms with E-state index in [1.807, 2.05) is 0 Å². The van der Waals surface area contributed by atoms with Gasteiger partial charge in [-0.05, 0) is 0 Å². The summed E-state index contributed by atoms with van der Waals surface area (Å²) in [5.41, 5.74) is 0. The van der Waals surface area contributed by atoms with E-state index in [1.165, 1.54) is 0 Å². The molecule has 0 unspecified atom stereocenters. The molecule has 1 fully saturated rings. The topological polar surface area (TPSA) is 52.6 Å². The fourth-order valence-electron chi connectivity index (χ4n) is 0.345. The van der Waals surface area contributed by atoms with Gasteiger partial charge in [0.1, 0.15) is 0 Å². The van der Waals surface area contributed by atoms with Crippen molar-refractivity contribution in [2.45, 2.75) is 0 Å². The first kappa shape index (κ1) is 6.06. The van der Waals surface area contributed by atoms with Crippen molar-refractivity contribution in [1.29, 1.82) is 0 Å². The zero-order valence-electron chi connectivity index (χ0n) is 4.03. The summed E-state index contributed by atoms with van der Waals surface area (Å²) in [4.78, 5) is 0. The van der Waals surface area contributed by atoms with E-state index < -0.39 is 10.4 Å². The van der Waals surface area contributed by atoms with E-state index in [1.54, 1.807) is 7.28 Å². The van der Waals surface area contributed by atoms with Gasteiger partial charge in [-0.25, -0.2) is 0 Å². The second-order valence-electron chi connectivity index (χ2n) is 1.27. The smallest absolute Gasteiger partial charge is 0.257 e. The maximum atomic E-state index is 10.2. The van der Waals surface area contributed by atoms with Gasteiger partial charge in [0.25, 0.3) is 0 Å². The van der Waals surface area contributed by atoms with Gasteiger partial charge in [0.05, 0.1) is 0 Å². The molecule has 0 bridgehead atoms. The van der Waals surface area contributed by atoms with Crippen LogP contribution in [0.4, 0.5) is 0 Å². The third-order valence-corrected chi connectivity index (χ3v) is 1.51. The summed E-state index contributed by atoms with van der Waals surface area (Å²) in [5, 5.41) is 0. The lowest BCUT2D eigenvalue weighted by Gasteiger charge is -2.08. The predicted octanol–water partition coefficient (Wildman–Crippen LogP) is -1.10. The molecule has 45 valence electrons. The van der Waals surface area contributed by atoms with Crippen LogP contribution in [0.15, 0.2) is 0 Å². The summed E-state index contributed by atoms with van der Waals surface area (Å²) in [5.74, 6) is 0. The first-order valence-electron chi connectivity index (χ1n) is 2.06. The Kier molecular flexibility index (Phi) is 1.55. The lowest BCUT2D eigenvalue weighted by Crippen LogP contribution is -2.25. The van der Waals surface area contributed by atoms with Crippen LogP contribution in [-0.4, -0.2) is 28.7 Å². The van der Waals surface area contributed by atoms with Gasteiger partial charge in [0.2, 0.25) is 0 Å². The normalized spacial score (nSPS) is 26.5. The van der Waals surface area contributed by atoms with Crippen LogP contribution in [0, 0.1) is 0 Å². The summed E-state index contributed by atoms with van der Waals surface area (Å²) >= 11 is 0. The lowest BCUT2D eigenvalue weighted by atomic mass is 9.82. The largest absolute Gasteiger partial charge is 0.398 e. The first-order chi connectivity index (χ1) is 3.71. The summed E-state index contributed by atoms with van der Waals surface area (Å²) in [6.07, 6.45) is 0. The molecule has 0 aromatic rings. The van der Waals surface area contributed by atoms with Crippen LogP contribution < -0.4 is 0 Å². The second kappa shape index (κ2) is 2.04. The van der Waals surface area contributed by atoms with Crippen molar-refractivity contribution in [3.8, 4) is 0 Å². The highest BCUT2D eigenvalue weighted by atomic mass is 32.3. The molecule has 1 aliphatic rings. The Hall–Kier alpha value is -0.0651. The van der Waals surface area contributed by atoms with Gasteiger partial charge in [0, 0.05) is 13.0 Å². The molecule has 1 radical (unpaired) electrons. The van der Waals surface area contributed by atoms with E-state index in [2.05, 4.69) is 8.37 Å². The average molecular weight is 135 g/mol. The lowest BCUT2D eigenvalue weighted by molar-refractivity contribution is 0.242. The van der Waals surface area contributed by atoms with Crippen molar-refractivity contribution in [1.82, 2.24) is 0 Å². The molecule has 0 N–H and O–H groups in total. The van der Waals surface area contributed by atoms with Crippen LogP contribution in [0.25, 0.3) is 0 Å². The van der Waals surface area contributed by atoms with Gasteiger partial charge in [-0.15, -0.1) is 0 Å². The summed E-state index contributed by atoms with van der Waals surface area (Å²) in [7, 11) is -2.03. The first-order valence-corrected chi connectivity index (χ1v) is 3.39. The van der Waals surface area contributed by atoms with Crippen molar-refractivity contribution < 1.29 is 16.8 Å². The predicted molar refractivity (Wildman–Crippen MR) is 26.6 cm³/mol. The molecule has 0 aliphatic carbocycles. The fourth-order valence-corrected chi connectivity index (χ4v) is 0.939. The summed E-state index contributed by atoms with van der Waals surface area (Å²) in [6, 6.07) is 0. The third-order valence-electron chi connectivity index (χ3n) is 0.660. The Morgan fingerprint density at radius 3 is 2.00 bits per heavy atom. The summed E-state index contributed by atoms with van der Waals surface area (Å²) < 4.78 is 28.7. The zero-order chi connectivity index (χ0) is 6.04. The van der Waals surface area contributed by atoms with E-state index in [4.69, 9.17) is 0 Å². The standard InChI is InChI=1S/C2H4BO4S/c4-8(5)6-1-3-2-7-8/h1-2H2. The molecule has 8 heavy (non-hydrogen) atoms. The van der Waals surface area contributed by atoms with E-state index in [-0.39, 0.29) is 13.0 Å². The molecule has 0 saturated carbocycles. The van der Waals surface area contributed by atoms with Gasteiger partial charge < -0.3 is 0 Å². The van der Waals surface area contributed by atoms with Gasteiger partial charge in [-0.3, -0.25) is 8.37 Å². The minimum absolute atomic E-state index is 0.127. The molecule has 1 heterocycles. The van der Waals surface area contributed by atoms with Gasteiger partial charge in [-0.2, -0.15) is 8.42 Å². The monoisotopic (exact) mass is 135 g/mol. The zero-order valence-corrected chi connectivity index (χ0v) is 4.85. The Morgan fingerprint density at radius 2 is 1.75 bits per heavy atom. The van der Waals surface area contributed by atoms with Crippen LogP contribution in [0.1, 0.15) is 0 Å². The molecular weight excluding hydrogens is 131 g/mol. The van der Waals surface area contributed by atoms with Crippen molar-refractivity contribution in [3.05, 3.63) is 0 Å². The van der Waals surface area contributed by atoms with Crippen molar-refractivity contribution in [2.75, 3.05) is 13.0 Å². The SMILES string of the molecule is O=S1(=O)OC[B]CO1. The van der Waals surface area contributed by atoms with E-state index in [9.17, 15) is 8.42 Å². The maximum absolute atomic E-state index is 10.2. The fraction of sp³-hybridized carbons (Fsp3) is 1.00. The highest BCUT2D eigenvalue weighted by Gasteiger charge is 2.16. The molecule has 6 heteroatoms. The van der Waals surface area contributed by atoms with Gasteiger partial charge in [0.15, 0.2) is 7.28 Å². The maximum Gasteiger partial charge on any atom is 0.398 e. The van der Waals surface area contributed by atoms with E-state index in [0.29, 0.717) is 0 Å². The van der Waals surface area contributed by atoms with E-state index >= 15 is 0 Å². The number of hydrogen-bond donors (Lipinski definition) is 0. The quantitative estimate of drug-likeness (QED) is 0.395. The Morgan fingerprint density at radius 1 is 1.25 bits per heavy atom. The molecule has 0 amide bonds. The average Bonchev–Trinajstić information content (AvgIpc) is 1.65. The molecule has 1 saturated heterocycles. The highest BCUT2D eigenvalue weighted by Crippen LogP contribution is 1.98. The Bertz CT molecular complexity index is 149. The number of rotatable bonds is 0. The highest BCUT2D eigenvalue weighted by molar-refractivity contribution is 7.82. The van der Waals surface area contributed by atoms with Crippen LogP contribution in [0.5, 0.6) is 0 Å². The molecule has 1 aliphatic heterocycles. The Balaban J connectivity index is 2.58. The number of hydrogen-bond acceptors (Lipinski definition) is 4. The molecule has 4 nitrogen and oxygen atoms in total. The third kappa shape index (κ3) is 1.46. The van der Waals surface area contributed by atoms with Crippen LogP contribution >= 0.6 is 0 Å². The van der Waals surface area contributed by atoms with Crippen LogP contribution in [0.2, 0.25) is 0 Å². The molecule has 0 spiro atoms. The van der Waals surface area contributed by atoms with Crippen molar-refractivity contribution >= 4 is 17.7 Å².